The summed E-state index contributed by atoms with van der Waals surface area (Å²) in [6.45, 7) is 6.43. The van der Waals surface area contributed by atoms with Gasteiger partial charge in [-0.1, -0.05) is 97.1 Å². The molecule has 0 bridgehead atoms. The zero-order valence-electron chi connectivity index (χ0n) is 34.8. The van der Waals surface area contributed by atoms with Crippen molar-refractivity contribution >= 4 is 68.2 Å². The first-order valence-electron chi connectivity index (χ1n) is 20.8. The summed E-state index contributed by atoms with van der Waals surface area (Å²) in [6, 6.07) is 84.6. The fourth-order valence-corrected chi connectivity index (χ4v) is 8.09. The smallest absolute Gasteiger partial charge is 0.0482 e. The predicted octanol–water partition coefficient (Wildman–Crippen LogP) is 16.5. The van der Waals surface area contributed by atoms with Gasteiger partial charge < -0.3 is 19.6 Å². The van der Waals surface area contributed by atoms with Crippen molar-refractivity contribution < 1.29 is 0 Å². The van der Waals surface area contributed by atoms with E-state index in [-0.39, 0.29) is 0 Å². The average molecular weight is 789 g/mol. The summed E-state index contributed by atoms with van der Waals surface area (Å²) >= 11 is 0. The molecule has 0 aliphatic rings. The molecule has 0 aliphatic carbocycles. The summed E-state index contributed by atoms with van der Waals surface area (Å²) in [6.07, 6.45) is 0. The van der Waals surface area contributed by atoms with E-state index < -0.39 is 0 Å². The van der Waals surface area contributed by atoms with Gasteiger partial charge in [0.2, 0.25) is 0 Å². The van der Waals surface area contributed by atoms with Gasteiger partial charge >= 0.3 is 0 Å². The highest BCUT2D eigenvalue weighted by Gasteiger charge is 2.20. The number of hydrogen-bond acceptors (Lipinski definition) is 4. The first-order chi connectivity index (χ1) is 30.0. The summed E-state index contributed by atoms with van der Waals surface area (Å²) in [5.41, 5.74) is 16.7. The first-order valence-corrected chi connectivity index (χ1v) is 20.8. The van der Waals surface area contributed by atoms with Crippen LogP contribution in [0.3, 0.4) is 0 Å². The summed E-state index contributed by atoms with van der Waals surface area (Å²) < 4.78 is 0. The number of anilines is 12. The number of rotatable bonds is 12. The van der Waals surface area contributed by atoms with Crippen LogP contribution in [0.15, 0.2) is 237 Å². The van der Waals surface area contributed by atoms with Crippen LogP contribution in [0.1, 0.15) is 16.7 Å². The molecule has 0 aliphatic heterocycles. The number of aryl methyl sites for hydroxylation is 3. The molecule has 0 aromatic heterocycles. The lowest BCUT2D eigenvalue weighted by atomic mass is 10.1. The van der Waals surface area contributed by atoms with Gasteiger partial charge in [-0.15, -0.1) is 0 Å². The number of benzene rings is 9. The molecule has 0 radical (unpaired) electrons. The topological polar surface area (TPSA) is 13.0 Å². The van der Waals surface area contributed by atoms with E-state index in [1.165, 1.54) is 16.7 Å². The van der Waals surface area contributed by atoms with Crippen LogP contribution in [0.4, 0.5) is 68.2 Å². The van der Waals surface area contributed by atoms with Crippen LogP contribution in [0.25, 0.3) is 0 Å². The molecule has 0 fully saturated rings. The Balaban J connectivity index is 1.17. The highest BCUT2D eigenvalue weighted by molar-refractivity contribution is 5.86. The molecule has 0 amide bonds. The molecule has 9 rings (SSSR count). The zero-order chi connectivity index (χ0) is 41.5. The zero-order valence-corrected chi connectivity index (χ0v) is 34.8. The third-order valence-electron chi connectivity index (χ3n) is 10.9. The van der Waals surface area contributed by atoms with Crippen molar-refractivity contribution in [2.45, 2.75) is 20.8 Å². The largest absolute Gasteiger partial charge is 0.310 e. The highest BCUT2D eigenvalue weighted by Crippen LogP contribution is 2.43. The van der Waals surface area contributed by atoms with Gasteiger partial charge in [-0.25, -0.2) is 0 Å². The standard InChI is InChI=1S/C57H48N4/c1-43-17-13-26-53(39-43)58(46-20-7-4-8-21-46)49-31-35-51(36-32-49)60(52-37-33-50(34-38-52)59(47-22-9-5-10-23-47)54-27-14-18-44(2)40-54)56-29-16-30-57(42-56)61(48-24-11-6-12-25-48)55-28-15-19-45(3)41-55/h4-42H,1-3H3. The molecule has 296 valence electrons. The van der Waals surface area contributed by atoms with Crippen LogP contribution < -0.4 is 19.6 Å². The maximum Gasteiger partial charge on any atom is 0.0482 e. The van der Waals surface area contributed by atoms with Crippen molar-refractivity contribution in [3.63, 3.8) is 0 Å². The Hall–Kier alpha value is -7.82. The van der Waals surface area contributed by atoms with Gasteiger partial charge in [0, 0.05) is 68.2 Å². The Morgan fingerprint density at radius 2 is 0.377 bits per heavy atom. The summed E-state index contributed by atoms with van der Waals surface area (Å²) in [4.78, 5) is 9.33. The molecule has 9 aromatic rings. The Morgan fingerprint density at radius 1 is 0.180 bits per heavy atom. The second kappa shape index (κ2) is 17.6. The Kier molecular flexibility index (Phi) is 11.1. The Labute approximate surface area is 360 Å². The monoisotopic (exact) mass is 788 g/mol. The van der Waals surface area contributed by atoms with Crippen molar-refractivity contribution in [3.05, 3.63) is 253 Å². The van der Waals surface area contributed by atoms with Crippen LogP contribution >= 0.6 is 0 Å². The number of para-hydroxylation sites is 3. The van der Waals surface area contributed by atoms with Crippen molar-refractivity contribution in [1.29, 1.82) is 0 Å². The fourth-order valence-electron chi connectivity index (χ4n) is 8.09. The van der Waals surface area contributed by atoms with Gasteiger partial charge in [0.15, 0.2) is 0 Å². The second-order valence-corrected chi connectivity index (χ2v) is 15.4. The van der Waals surface area contributed by atoms with E-state index in [1.807, 2.05) is 0 Å². The minimum Gasteiger partial charge on any atom is -0.310 e. The fraction of sp³-hybridized carbons (Fsp3) is 0.0526. The van der Waals surface area contributed by atoms with Crippen LogP contribution in [-0.2, 0) is 0 Å². The van der Waals surface area contributed by atoms with Gasteiger partial charge in [-0.05, 0) is 177 Å². The molecule has 9 aromatic carbocycles. The quantitative estimate of drug-likeness (QED) is 0.122. The van der Waals surface area contributed by atoms with Crippen LogP contribution in [-0.4, -0.2) is 0 Å². The van der Waals surface area contributed by atoms with Gasteiger partial charge in [-0.2, -0.15) is 0 Å². The average Bonchev–Trinajstić information content (AvgIpc) is 3.29. The minimum atomic E-state index is 1.05. The maximum atomic E-state index is 2.36. The molecule has 0 heterocycles. The number of nitrogens with zero attached hydrogens (tertiary/aromatic N) is 4. The number of hydrogen-bond donors (Lipinski definition) is 0. The molecule has 0 atom stereocenters. The third-order valence-corrected chi connectivity index (χ3v) is 10.9. The van der Waals surface area contributed by atoms with Crippen molar-refractivity contribution in [2.75, 3.05) is 19.6 Å². The van der Waals surface area contributed by atoms with E-state index in [0.717, 1.165) is 68.2 Å². The summed E-state index contributed by atoms with van der Waals surface area (Å²) in [7, 11) is 0. The third kappa shape index (κ3) is 8.52. The van der Waals surface area contributed by atoms with Crippen LogP contribution in [0.2, 0.25) is 0 Å². The van der Waals surface area contributed by atoms with Crippen molar-refractivity contribution in [2.24, 2.45) is 0 Å². The molecule has 0 N–H and O–H groups in total. The molecule has 4 heteroatoms. The molecule has 0 spiro atoms. The van der Waals surface area contributed by atoms with E-state index in [4.69, 9.17) is 0 Å². The van der Waals surface area contributed by atoms with Crippen LogP contribution in [0, 0.1) is 20.8 Å². The van der Waals surface area contributed by atoms with Crippen LogP contribution in [0.5, 0.6) is 0 Å². The van der Waals surface area contributed by atoms with E-state index >= 15 is 0 Å². The minimum absolute atomic E-state index is 1.05. The SMILES string of the molecule is Cc1cccc(N(c2ccccc2)c2ccc(N(c3ccc(N(c4ccccc4)c4cccc(C)c4)cc3)c3cccc(N(c4ccccc4)c4cccc(C)c4)c3)cc2)c1. The Morgan fingerprint density at radius 3 is 0.639 bits per heavy atom. The lowest BCUT2D eigenvalue weighted by Crippen LogP contribution is -2.14. The maximum absolute atomic E-state index is 2.36. The summed E-state index contributed by atoms with van der Waals surface area (Å²) in [5, 5.41) is 0. The predicted molar refractivity (Wildman–Crippen MR) is 259 cm³/mol. The summed E-state index contributed by atoms with van der Waals surface area (Å²) in [5.74, 6) is 0. The molecule has 0 unspecified atom stereocenters. The van der Waals surface area contributed by atoms with Crippen molar-refractivity contribution in [1.82, 2.24) is 0 Å². The van der Waals surface area contributed by atoms with E-state index in [0.29, 0.717) is 0 Å². The van der Waals surface area contributed by atoms with E-state index in [2.05, 4.69) is 277 Å². The molecule has 4 nitrogen and oxygen atoms in total. The Bertz CT molecular complexity index is 2710. The highest BCUT2D eigenvalue weighted by atomic mass is 15.2. The van der Waals surface area contributed by atoms with E-state index in [9.17, 15) is 0 Å². The molecular formula is C57H48N4. The van der Waals surface area contributed by atoms with Gasteiger partial charge in [0.25, 0.3) is 0 Å². The second-order valence-electron chi connectivity index (χ2n) is 15.4. The normalized spacial score (nSPS) is 10.9. The van der Waals surface area contributed by atoms with Gasteiger partial charge in [0.05, 0.1) is 0 Å². The lowest BCUT2D eigenvalue weighted by Gasteiger charge is -2.31. The lowest BCUT2D eigenvalue weighted by molar-refractivity contribution is 1.23. The molecule has 0 saturated heterocycles. The van der Waals surface area contributed by atoms with Crippen molar-refractivity contribution in [3.8, 4) is 0 Å². The van der Waals surface area contributed by atoms with E-state index in [1.54, 1.807) is 0 Å². The van der Waals surface area contributed by atoms with Gasteiger partial charge in [0.1, 0.15) is 0 Å². The van der Waals surface area contributed by atoms with Gasteiger partial charge in [-0.3, -0.25) is 0 Å². The molecule has 0 saturated carbocycles. The first kappa shape index (κ1) is 38.7. The molecule has 61 heavy (non-hydrogen) atoms. The molecular weight excluding hydrogens is 741 g/mol.